The molecule has 0 radical (unpaired) electrons. The first-order chi connectivity index (χ1) is 14.6. The predicted molar refractivity (Wildman–Crippen MR) is 118 cm³/mol. The zero-order chi connectivity index (χ0) is 21.1. The highest BCUT2D eigenvalue weighted by Crippen LogP contribution is 2.31. The van der Waals surface area contributed by atoms with Crippen molar-refractivity contribution in [2.24, 2.45) is 0 Å². The van der Waals surface area contributed by atoms with E-state index in [0.717, 1.165) is 32.9 Å². The van der Waals surface area contributed by atoms with Crippen molar-refractivity contribution in [1.29, 1.82) is 0 Å². The molecule has 0 atom stereocenters. The molecule has 0 bridgehead atoms. The topological polar surface area (TPSA) is 51.9 Å². The molecule has 1 heterocycles. The molecule has 1 aromatic heterocycles. The molecule has 0 saturated carbocycles. The summed E-state index contributed by atoms with van der Waals surface area (Å²) < 4.78 is 16.4. The lowest BCUT2D eigenvalue weighted by Crippen LogP contribution is -2.31. The molecule has 5 heteroatoms. The number of rotatable bonds is 7. The molecule has 0 aliphatic heterocycles. The van der Waals surface area contributed by atoms with Gasteiger partial charge in [0, 0.05) is 24.0 Å². The van der Waals surface area contributed by atoms with Crippen LogP contribution in [0.25, 0.3) is 21.7 Å². The SMILES string of the molecule is CCN(Cc1ccc(OC)c(OC)c1)C(=O)Cc1coc2ccc3ccccc3c12. The van der Waals surface area contributed by atoms with Crippen molar-refractivity contribution in [2.45, 2.75) is 19.9 Å². The molecule has 30 heavy (non-hydrogen) atoms. The fourth-order valence-corrected chi connectivity index (χ4v) is 3.85. The summed E-state index contributed by atoms with van der Waals surface area (Å²) in [7, 11) is 3.22. The van der Waals surface area contributed by atoms with Crippen molar-refractivity contribution >= 4 is 27.6 Å². The fourth-order valence-electron chi connectivity index (χ4n) is 3.85. The summed E-state index contributed by atoms with van der Waals surface area (Å²) in [6.45, 7) is 3.11. The Morgan fingerprint density at radius 2 is 1.80 bits per heavy atom. The third kappa shape index (κ3) is 3.71. The lowest BCUT2D eigenvalue weighted by atomic mass is 10.0. The van der Waals surface area contributed by atoms with E-state index < -0.39 is 0 Å². The van der Waals surface area contributed by atoms with Crippen LogP contribution in [0.2, 0.25) is 0 Å². The molecule has 154 valence electrons. The van der Waals surface area contributed by atoms with Gasteiger partial charge in [-0.25, -0.2) is 0 Å². The molecule has 0 aliphatic rings. The third-order valence-corrected chi connectivity index (χ3v) is 5.44. The molecule has 0 fully saturated rings. The summed E-state index contributed by atoms with van der Waals surface area (Å²) >= 11 is 0. The van der Waals surface area contributed by atoms with Gasteiger partial charge in [0.2, 0.25) is 5.91 Å². The van der Waals surface area contributed by atoms with Gasteiger partial charge in [-0.2, -0.15) is 0 Å². The lowest BCUT2D eigenvalue weighted by molar-refractivity contribution is -0.130. The number of carbonyl (C=O) groups is 1. The first-order valence-electron chi connectivity index (χ1n) is 10.0. The predicted octanol–water partition coefficient (Wildman–Crippen LogP) is 5.19. The van der Waals surface area contributed by atoms with Gasteiger partial charge in [0.25, 0.3) is 0 Å². The highest BCUT2D eigenvalue weighted by molar-refractivity contribution is 6.08. The molecule has 0 aliphatic carbocycles. The second-order valence-corrected chi connectivity index (χ2v) is 7.19. The van der Waals surface area contributed by atoms with Gasteiger partial charge in [-0.1, -0.05) is 36.4 Å². The van der Waals surface area contributed by atoms with Crippen LogP contribution < -0.4 is 9.47 Å². The van der Waals surface area contributed by atoms with Crippen molar-refractivity contribution in [3.05, 3.63) is 72.0 Å². The Bertz CT molecular complexity index is 1190. The number of likely N-dealkylation sites (N-methyl/N-ethyl adjacent to an activating group) is 1. The van der Waals surface area contributed by atoms with Crippen molar-refractivity contribution < 1.29 is 18.7 Å². The molecular weight excluding hydrogens is 378 g/mol. The van der Waals surface area contributed by atoms with E-state index in [9.17, 15) is 4.79 Å². The van der Waals surface area contributed by atoms with Crippen molar-refractivity contribution in [1.82, 2.24) is 4.90 Å². The minimum absolute atomic E-state index is 0.0583. The van der Waals surface area contributed by atoms with E-state index in [4.69, 9.17) is 13.9 Å². The Morgan fingerprint density at radius 1 is 1.00 bits per heavy atom. The van der Waals surface area contributed by atoms with E-state index in [0.29, 0.717) is 31.0 Å². The van der Waals surface area contributed by atoms with Crippen LogP contribution in [0.15, 0.2) is 65.3 Å². The average Bonchev–Trinajstić information content (AvgIpc) is 3.20. The zero-order valence-corrected chi connectivity index (χ0v) is 17.5. The number of hydrogen-bond acceptors (Lipinski definition) is 4. The van der Waals surface area contributed by atoms with Crippen LogP contribution >= 0.6 is 0 Å². The fraction of sp³-hybridized carbons (Fsp3) is 0.240. The molecular formula is C25H25NO4. The number of carbonyl (C=O) groups excluding carboxylic acids is 1. The maximum absolute atomic E-state index is 13.1. The number of ether oxygens (including phenoxy) is 2. The summed E-state index contributed by atoms with van der Waals surface area (Å²) in [5, 5.41) is 3.26. The summed E-state index contributed by atoms with van der Waals surface area (Å²) in [6.07, 6.45) is 2.00. The second-order valence-electron chi connectivity index (χ2n) is 7.19. The molecule has 3 aromatic carbocycles. The lowest BCUT2D eigenvalue weighted by Gasteiger charge is -2.21. The van der Waals surface area contributed by atoms with Gasteiger partial charge in [0.1, 0.15) is 5.58 Å². The normalized spacial score (nSPS) is 11.0. The molecule has 1 amide bonds. The standard InChI is InChI=1S/C25H25NO4/c1-4-26(15-17-9-11-21(28-2)23(13-17)29-3)24(27)14-19-16-30-22-12-10-18-7-5-6-8-20(18)25(19)22/h5-13,16H,4,14-15H2,1-3H3. The summed E-state index contributed by atoms with van der Waals surface area (Å²) in [6, 6.07) is 17.9. The third-order valence-electron chi connectivity index (χ3n) is 5.44. The van der Waals surface area contributed by atoms with Crippen LogP contribution in [-0.4, -0.2) is 31.6 Å². The molecule has 0 unspecified atom stereocenters. The number of benzene rings is 3. The van der Waals surface area contributed by atoms with Gasteiger partial charge < -0.3 is 18.8 Å². The minimum Gasteiger partial charge on any atom is -0.493 e. The molecule has 4 aromatic rings. The van der Waals surface area contributed by atoms with Crippen LogP contribution in [0.3, 0.4) is 0 Å². The molecule has 0 N–H and O–H groups in total. The Hall–Kier alpha value is -3.47. The summed E-state index contributed by atoms with van der Waals surface area (Å²) in [4.78, 5) is 15.0. The van der Waals surface area contributed by atoms with Gasteiger partial charge in [-0.3, -0.25) is 4.79 Å². The van der Waals surface area contributed by atoms with E-state index in [1.54, 1.807) is 20.5 Å². The quantitative estimate of drug-likeness (QED) is 0.426. The van der Waals surface area contributed by atoms with Gasteiger partial charge in [0.15, 0.2) is 11.5 Å². The number of fused-ring (bicyclic) bond motifs is 3. The van der Waals surface area contributed by atoms with Gasteiger partial charge in [-0.05, 0) is 41.5 Å². The van der Waals surface area contributed by atoms with Crippen LogP contribution in [0.4, 0.5) is 0 Å². The monoisotopic (exact) mass is 403 g/mol. The van der Waals surface area contributed by atoms with Crippen molar-refractivity contribution in [3.8, 4) is 11.5 Å². The second kappa shape index (κ2) is 8.49. The van der Waals surface area contributed by atoms with E-state index in [2.05, 4.69) is 12.1 Å². The smallest absolute Gasteiger partial charge is 0.227 e. The largest absolute Gasteiger partial charge is 0.493 e. The number of nitrogens with zero attached hydrogens (tertiary/aromatic N) is 1. The number of amides is 1. The Balaban J connectivity index is 1.59. The van der Waals surface area contributed by atoms with E-state index in [1.165, 1.54) is 0 Å². The summed E-state index contributed by atoms with van der Waals surface area (Å²) in [5.41, 5.74) is 2.71. The van der Waals surface area contributed by atoms with E-state index in [-0.39, 0.29) is 5.91 Å². The van der Waals surface area contributed by atoms with Crippen molar-refractivity contribution in [2.75, 3.05) is 20.8 Å². The van der Waals surface area contributed by atoms with Gasteiger partial charge in [0.05, 0.1) is 26.9 Å². The van der Waals surface area contributed by atoms with Crippen LogP contribution in [0, 0.1) is 0 Å². The minimum atomic E-state index is 0.0583. The maximum atomic E-state index is 13.1. The van der Waals surface area contributed by atoms with Gasteiger partial charge in [-0.15, -0.1) is 0 Å². The van der Waals surface area contributed by atoms with Crippen LogP contribution in [-0.2, 0) is 17.8 Å². The Kier molecular flexibility index (Phi) is 5.61. The highest BCUT2D eigenvalue weighted by Gasteiger charge is 2.18. The number of furan rings is 1. The number of methoxy groups -OCH3 is 2. The molecule has 0 saturated heterocycles. The maximum Gasteiger partial charge on any atom is 0.227 e. The first kappa shape index (κ1) is 19.8. The Labute approximate surface area is 175 Å². The average molecular weight is 403 g/mol. The van der Waals surface area contributed by atoms with E-state index >= 15 is 0 Å². The molecule has 0 spiro atoms. The van der Waals surface area contributed by atoms with Gasteiger partial charge >= 0.3 is 0 Å². The van der Waals surface area contributed by atoms with Crippen LogP contribution in [0.1, 0.15) is 18.1 Å². The highest BCUT2D eigenvalue weighted by atomic mass is 16.5. The Morgan fingerprint density at radius 3 is 2.57 bits per heavy atom. The van der Waals surface area contributed by atoms with E-state index in [1.807, 2.05) is 54.3 Å². The van der Waals surface area contributed by atoms with Crippen molar-refractivity contribution in [3.63, 3.8) is 0 Å². The molecule has 4 rings (SSSR count). The first-order valence-corrected chi connectivity index (χ1v) is 10.0. The molecule has 5 nitrogen and oxygen atoms in total. The zero-order valence-electron chi connectivity index (χ0n) is 17.5. The summed E-state index contributed by atoms with van der Waals surface area (Å²) in [5.74, 6) is 1.39. The van der Waals surface area contributed by atoms with Crippen LogP contribution in [0.5, 0.6) is 11.5 Å². The number of hydrogen-bond donors (Lipinski definition) is 0.